The van der Waals surface area contributed by atoms with Crippen LogP contribution in [-0.4, -0.2) is 25.2 Å². The minimum Gasteiger partial charge on any atom is -0.465 e. The average Bonchev–Trinajstić information content (AvgIpc) is 2.73. The summed E-state index contributed by atoms with van der Waals surface area (Å²) < 4.78 is 11.4. The summed E-state index contributed by atoms with van der Waals surface area (Å²) in [6, 6.07) is 0. The summed E-state index contributed by atoms with van der Waals surface area (Å²) in [5, 5.41) is 0. The molecule has 0 N–H and O–H groups in total. The second-order valence-corrected chi connectivity index (χ2v) is 10.2. The zero-order valence-electron chi connectivity index (χ0n) is 21.0. The Bertz CT molecular complexity index is 537. The molecule has 0 heterocycles. The highest BCUT2D eigenvalue weighted by atomic mass is 16.5. The fourth-order valence-electron chi connectivity index (χ4n) is 4.38. The minimum atomic E-state index is -0.434. The van der Waals surface area contributed by atoms with Crippen molar-refractivity contribution >= 4 is 11.9 Å². The number of ether oxygens (including phenoxy) is 2. The van der Waals surface area contributed by atoms with Gasteiger partial charge in [0.05, 0.1) is 25.0 Å². The van der Waals surface area contributed by atoms with Gasteiger partial charge in [0.15, 0.2) is 0 Å². The Morgan fingerprint density at radius 1 is 0.677 bits per heavy atom. The Morgan fingerprint density at radius 3 is 1.45 bits per heavy atom. The molecule has 180 valence electrons. The number of esters is 2. The van der Waals surface area contributed by atoms with E-state index in [4.69, 9.17) is 9.47 Å². The lowest BCUT2D eigenvalue weighted by Crippen LogP contribution is -2.43. The zero-order valence-corrected chi connectivity index (χ0v) is 21.0. The summed E-state index contributed by atoms with van der Waals surface area (Å²) in [5.41, 5.74) is 0. The number of carbonyl (C=O) groups excluding carboxylic acids is 2. The molecule has 4 heteroatoms. The molecule has 0 saturated carbocycles. The second kappa shape index (κ2) is 15.5. The average molecular weight is 437 g/mol. The first-order valence-electron chi connectivity index (χ1n) is 12.8. The van der Waals surface area contributed by atoms with E-state index < -0.39 is 11.8 Å². The second-order valence-electron chi connectivity index (χ2n) is 10.2. The minimum absolute atomic E-state index is 0.0507. The van der Waals surface area contributed by atoms with Gasteiger partial charge in [0.25, 0.3) is 0 Å². The highest BCUT2D eigenvalue weighted by Crippen LogP contribution is 2.41. The van der Waals surface area contributed by atoms with Gasteiger partial charge in [-0.2, -0.15) is 0 Å². The molecule has 0 aromatic carbocycles. The summed E-state index contributed by atoms with van der Waals surface area (Å²) in [4.78, 5) is 26.5. The van der Waals surface area contributed by atoms with Crippen LogP contribution in [0.2, 0.25) is 0 Å². The van der Waals surface area contributed by atoms with Crippen LogP contribution in [0.15, 0.2) is 12.2 Å². The van der Waals surface area contributed by atoms with Crippen molar-refractivity contribution < 1.29 is 19.1 Å². The van der Waals surface area contributed by atoms with Crippen molar-refractivity contribution in [3.63, 3.8) is 0 Å². The fourth-order valence-corrected chi connectivity index (χ4v) is 4.38. The predicted octanol–water partition coefficient (Wildman–Crippen LogP) is 6.97. The third kappa shape index (κ3) is 10.2. The molecule has 0 fully saturated rings. The van der Waals surface area contributed by atoms with E-state index in [2.05, 4.69) is 26.0 Å². The van der Waals surface area contributed by atoms with Crippen molar-refractivity contribution in [2.75, 3.05) is 13.2 Å². The summed E-state index contributed by atoms with van der Waals surface area (Å²) in [5.74, 6) is -0.649. The van der Waals surface area contributed by atoms with E-state index in [9.17, 15) is 9.59 Å². The molecule has 0 aromatic rings. The lowest BCUT2D eigenvalue weighted by atomic mass is 9.67. The van der Waals surface area contributed by atoms with Gasteiger partial charge in [-0.15, -0.1) is 0 Å². The molecule has 1 aliphatic rings. The number of hydrogen-bond acceptors (Lipinski definition) is 4. The van der Waals surface area contributed by atoms with Gasteiger partial charge < -0.3 is 9.47 Å². The van der Waals surface area contributed by atoms with Crippen LogP contribution >= 0.6 is 0 Å². The largest absolute Gasteiger partial charge is 0.465 e. The van der Waals surface area contributed by atoms with Gasteiger partial charge in [-0.25, -0.2) is 0 Å². The molecule has 4 unspecified atom stereocenters. The van der Waals surface area contributed by atoms with E-state index >= 15 is 0 Å². The molecular formula is C27H48O4. The van der Waals surface area contributed by atoms with Crippen molar-refractivity contribution in [2.24, 2.45) is 35.5 Å². The monoisotopic (exact) mass is 436 g/mol. The Labute approximate surface area is 191 Å². The number of hydrogen-bond donors (Lipinski definition) is 0. The Morgan fingerprint density at radius 2 is 1.06 bits per heavy atom. The Balaban J connectivity index is 3.11. The normalized spacial score (nSPS) is 23.4. The molecule has 0 radical (unpaired) electrons. The van der Waals surface area contributed by atoms with Gasteiger partial charge in [-0.3, -0.25) is 9.59 Å². The zero-order chi connectivity index (χ0) is 23.2. The molecule has 0 spiro atoms. The van der Waals surface area contributed by atoms with Gasteiger partial charge in [-0.05, 0) is 36.5 Å². The molecule has 4 atom stereocenters. The fraction of sp³-hybridized carbons (Fsp3) is 0.852. The predicted molar refractivity (Wildman–Crippen MR) is 128 cm³/mol. The number of unbranched alkanes of at least 4 members (excludes halogenated alkanes) is 5. The molecule has 0 bridgehead atoms. The van der Waals surface area contributed by atoms with Gasteiger partial charge in [0.1, 0.15) is 0 Å². The molecular weight excluding hydrogens is 388 g/mol. The number of carbonyl (C=O) groups is 2. The van der Waals surface area contributed by atoms with E-state index in [1.54, 1.807) is 0 Å². The Hall–Kier alpha value is -1.32. The van der Waals surface area contributed by atoms with Crippen molar-refractivity contribution in [1.29, 1.82) is 0 Å². The van der Waals surface area contributed by atoms with Crippen LogP contribution in [0.5, 0.6) is 0 Å². The summed E-state index contributed by atoms with van der Waals surface area (Å²) >= 11 is 0. The lowest BCUT2D eigenvalue weighted by Gasteiger charge is -2.37. The van der Waals surface area contributed by atoms with Crippen LogP contribution in [0.4, 0.5) is 0 Å². The maximum atomic E-state index is 13.3. The topological polar surface area (TPSA) is 52.6 Å². The van der Waals surface area contributed by atoms with Crippen molar-refractivity contribution in [3.05, 3.63) is 12.2 Å². The molecule has 4 nitrogen and oxygen atoms in total. The van der Waals surface area contributed by atoms with E-state index in [-0.39, 0.29) is 35.6 Å². The smallest absolute Gasteiger partial charge is 0.310 e. The molecule has 1 aliphatic carbocycles. The molecule has 0 saturated heterocycles. The molecule has 31 heavy (non-hydrogen) atoms. The third-order valence-corrected chi connectivity index (χ3v) is 6.11. The van der Waals surface area contributed by atoms with Crippen LogP contribution in [0.25, 0.3) is 0 Å². The van der Waals surface area contributed by atoms with E-state index in [1.165, 1.54) is 12.8 Å². The van der Waals surface area contributed by atoms with Crippen molar-refractivity contribution in [3.8, 4) is 0 Å². The van der Waals surface area contributed by atoms with E-state index in [0.717, 1.165) is 44.9 Å². The van der Waals surface area contributed by atoms with Crippen molar-refractivity contribution in [1.82, 2.24) is 0 Å². The molecule has 1 rings (SSSR count). The molecule has 0 aromatic heterocycles. The first-order chi connectivity index (χ1) is 14.8. The van der Waals surface area contributed by atoms with Crippen LogP contribution in [0.1, 0.15) is 99.3 Å². The van der Waals surface area contributed by atoms with Crippen molar-refractivity contribution in [2.45, 2.75) is 99.3 Å². The first-order valence-corrected chi connectivity index (χ1v) is 12.8. The first kappa shape index (κ1) is 27.7. The van der Waals surface area contributed by atoms with Gasteiger partial charge in [0, 0.05) is 0 Å². The Kier molecular flexibility index (Phi) is 13.8. The van der Waals surface area contributed by atoms with Crippen LogP contribution in [-0.2, 0) is 19.1 Å². The SMILES string of the molecule is CCCCCCC1C=CC(CCCCC)C(C(=O)OCC(C)C)C1C(=O)OCC(C)C. The van der Waals surface area contributed by atoms with Crippen LogP contribution in [0.3, 0.4) is 0 Å². The van der Waals surface area contributed by atoms with Gasteiger partial charge >= 0.3 is 11.9 Å². The maximum Gasteiger partial charge on any atom is 0.310 e. The molecule has 0 amide bonds. The van der Waals surface area contributed by atoms with Gasteiger partial charge in [0.2, 0.25) is 0 Å². The van der Waals surface area contributed by atoms with Crippen LogP contribution in [0, 0.1) is 35.5 Å². The number of rotatable bonds is 15. The number of allylic oxidation sites excluding steroid dienone is 2. The molecule has 0 aliphatic heterocycles. The van der Waals surface area contributed by atoms with E-state index in [1.807, 2.05) is 27.7 Å². The summed E-state index contributed by atoms with van der Waals surface area (Å²) in [6.07, 6.45) is 14.2. The summed E-state index contributed by atoms with van der Waals surface area (Å²) in [7, 11) is 0. The maximum absolute atomic E-state index is 13.3. The van der Waals surface area contributed by atoms with Gasteiger partial charge in [-0.1, -0.05) is 98.6 Å². The highest BCUT2D eigenvalue weighted by Gasteiger charge is 2.46. The van der Waals surface area contributed by atoms with E-state index in [0.29, 0.717) is 13.2 Å². The highest BCUT2D eigenvalue weighted by molar-refractivity contribution is 5.83. The quantitative estimate of drug-likeness (QED) is 0.158. The summed E-state index contributed by atoms with van der Waals surface area (Å²) in [6.45, 7) is 13.3. The van der Waals surface area contributed by atoms with Crippen LogP contribution < -0.4 is 0 Å². The standard InChI is InChI=1S/C27H48O4/c1-7-9-11-13-15-23-17-16-22(14-12-10-8-2)24(26(28)30-18-20(3)4)25(23)27(29)31-19-21(5)6/h16-17,20-25H,7-15,18-19H2,1-6H3. The third-order valence-electron chi connectivity index (χ3n) is 6.11. The lowest BCUT2D eigenvalue weighted by molar-refractivity contribution is -0.166.